The van der Waals surface area contributed by atoms with Crippen LogP contribution in [0.4, 0.5) is 5.82 Å². The molecule has 2 aromatic rings. The highest BCUT2D eigenvalue weighted by Crippen LogP contribution is 2.37. The summed E-state index contributed by atoms with van der Waals surface area (Å²) >= 11 is 0. The van der Waals surface area contributed by atoms with E-state index in [1.807, 2.05) is 10.6 Å². The van der Waals surface area contributed by atoms with Crippen LogP contribution in [-0.2, 0) is 6.54 Å². The van der Waals surface area contributed by atoms with E-state index in [1.54, 1.807) is 12.4 Å². The van der Waals surface area contributed by atoms with Crippen LogP contribution in [0.5, 0.6) is 0 Å². The van der Waals surface area contributed by atoms with Crippen LogP contribution in [0, 0.1) is 5.92 Å². The van der Waals surface area contributed by atoms with Gasteiger partial charge in [-0.2, -0.15) is 0 Å². The molecule has 2 unspecified atom stereocenters. The Morgan fingerprint density at radius 3 is 2.81 bits per heavy atom. The van der Waals surface area contributed by atoms with Crippen molar-refractivity contribution in [3.63, 3.8) is 0 Å². The Bertz CT molecular complexity index is 857. The summed E-state index contributed by atoms with van der Waals surface area (Å²) < 4.78 is 1.98. The molecule has 2 saturated heterocycles. The molecule has 5 heterocycles. The second kappa shape index (κ2) is 6.50. The maximum atomic E-state index is 12.2. The molecule has 2 atom stereocenters. The van der Waals surface area contributed by atoms with Crippen molar-refractivity contribution in [3.8, 4) is 0 Å². The average molecular weight is 351 g/mol. The van der Waals surface area contributed by atoms with Crippen molar-refractivity contribution >= 4 is 5.82 Å². The van der Waals surface area contributed by atoms with Crippen molar-refractivity contribution in [1.29, 1.82) is 0 Å². The molecule has 3 aliphatic heterocycles. The van der Waals surface area contributed by atoms with E-state index in [2.05, 4.69) is 32.3 Å². The normalized spacial score (nSPS) is 25.8. The Labute approximate surface area is 153 Å². The molecule has 0 aliphatic carbocycles. The van der Waals surface area contributed by atoms with Gasteiger partial charge in [-0.3, -0.25) is 4.79 Å². The van der Waals surface area contributed by atoms with Crippen LogP contribution >= 0.6 is 0 Å². The molecule has 6 nitrogen and oxygen atoms in total. The number of hydrogen-bond acceptors (Lipinski definition) is 5. The number of pyridine rings is 1. The maximum Gasteiger partial charge on any atom is 0.250 e. The second-order valence-electron chi connectivity index (χ2n) is 7.93. The SMILES string of the molecule is O=c1cccc2n1CC1CC2CN(c2cc(C3CCNCC3)ncn2)C1. The molecule has 1 N–H and O–H groups in total. The molecule has 0 saturated carbocycles. The highest BCUT2D eigenvalue weighted by Gasteiger charge is 2.35. The third-order valence-corrected chi connectivity index (χ3v) is 6.23. The largest absolute Gasteiger partial charge is 0.355 e. The minimum Gasteiger partial charge on any atom is -0.355 e. The summed E-state index contributed by atoms with van der Waals surface area (Å²) in [6, 6.07) is 7.90. The molecule has 136 valence electrons. The molecule has 5 rings (SSSR count). The van der Waals surface area contributed by atoms with Crippen molar-refractivity contribution in [1.82, 2.24) is 19.9 Å². The van der Waals surface area contributed by atoms with Crippen molar-refractivity contribution < 1.29 is 0 Å². The maximum absolute atomic E-state index is 12.2. The van der Waals surface area contributed by atoms with Crippen molar-refractivity contribution in [3.05, 3.63) is 52.3 Å². The van der Waals surface area contributed by atoms with Gasteiger partial charge < -0.3 is 14.8 Å². The summed E-state index contributed by atoms with van der Waals surface area (Å²) in [5, 5.41) is 3.42. The zero-order valence-corrected chi connectivity index (χ0v) is 15.0. The molecule has 6 heteroatoms. The number of nitrogens with one attached hydrogen (secondary N) is 1. The fourth-order valence-electron chi connectivity index (χ4n) is 4.96. The first-order valence-corrected chi connectivity index (χ1v) is 9.75. The van der Waals surface area contributed by atoms with Gasteiger partial charge in [-0.25, -0.2) is 9.97 Å². The van der Waals surface area contributed by atoms with Crippen molar-refractivity contribution in [2.75, 3.05) is 31.1 Å². The van der Waals surface area contributed by atoms with Crippen LogP contribution in [0.15, 0.2) is 35.4 Å². The lowest BCUT2D eigenvalue weighted by Gasteiger charge is -2.43. The van der Waals surface area contributed by atoms with E-state index in [0.29, 0.717) is 17.8 Å². The Morgan fingerprint density at radius 1 is 1.04 bits per heavy atom. The first kappa shape index (κ1) is 16.0. The molecule has 26 heavy (non-hydrogen) atoms. The fraction of sp³-hybridized carbons (Fsp3) is 0.550. The molecule has 2 bridgehead atoms. The Hall–Kier alpha value is -2.21. The van der Waals surface area contributed by atoms with E-state index < -0.39 is 0 Å². The van der Waals surface area contributed by atoms with Gasteiger partial charge in [0.15, 0.2) is 0 Å². The predicted molar refractivity (Wildman–Crippen MR) is 101 cm³/mol. The predicted octanol–water partition coefficient (Wildman–Crippen LogP) is 1.73. The third-order valence-electron chi connectivity index (χ3n) is 6.23. The van der Waals surface area contributed by atoms with Gasteiger partial charge in [0.1, 0.15) is 12.1 Å². The third kappa shape index (κ3) is 2.82. The van der Waals surface area contributed by atoms with Crippen LogP contribution < -0.4 is 15.8 Å². The van der Waals surface area contributed by atoms with E-state index in [1.165, 1.54) is 17.8 Å². The Morgan fingerprint density at radius 2 is 1.92 bits per heavy atom. The summed E-state index contributed by atoms with van der Waals surface area (Å²) in [7, 11) is 0. The average Bonchev–Trinajstić information content (AvgIpc) is 2.69. The molecular weight excluding hydrogens is 326 g/mol. The topological polar surface area (TPSA) is 63.1 Å². The monoisotopic (exact) mass is 351 g/mol. The zero-order valence-electron chi connectivity index (χ0n) is 15.0. The summed E-state index contributed by atoms with van der Waals surface area (Å²) in [5.41, 5.74) is 2.51. The number of fused-ring (bicyclic) bond motifs is 4. The second-order valence-corrected chi connectivity index (χ2v) is 7.93. The van der Waals surface area contributed by atoms with E-state index in [-0.39, 0.29) is 5.56 Å². The number of aromatic nitrogens is 3. The van der Waals surface area contributed by atoms with E-state index in [0.717, 1.165) is 51.4 Å². The van der Waals surface area contributed by atoms with Gasteiger partial charge in [0.2, 0.25) is 0 Å². The molecule has 0 radical (unpaired) electrons. The van der Waals surface area contributed by atoms with Crippen LogP contribution in [0.25, 0.3) is 0 Å². The van der Waals surface area contributed by atoms with Gasteiger partial charge >= 0.3 is 0 Å². The van der Waals surface area contributed by atoms with Crippen LogP contribution in [0.3, 0.4) is 0 Å². The van der Waals surface area contributed by atoms with Gasteiger partial charge in [0.05, 0.1) is 0 Å². The van der Waals surface area contributed by atoms with Gasteiger partial charge in [-0.1, -0.05) is 6.07 Å². The van der Waals surface area contributed by atoms with E-state index >= 15 is 0 Å². The number of rotatable bonds is 2. The number of nitrogens with zero attached hydrogens (tertiary/aromatic N) is 4. The quantitative estimate of drug-likeness (QED) is 0.893. The lowest BCUT2D eigenvalue weighted by Crippen LogP contribution is -2.47. The molecule has 0 spiro atoms. The molecule has 2 fully saturated rings. The standard InChI is InChI=1S/C20H25N5O/c26-20-3-1-2-18-16-8-14(11-25(18)20)10-24(12-16)19-9-17(22-13-23-19)15-4-6-21-7-5-15/h1-3,9,13-16,21H,4-8,10-12H2. The fourth-order valence-corrected chi connectivity index (χ4v) is 4.96. The van der Waals surface area contributed by atoms with Gasteiger partial charge in [-0.15, -0.1) is 0 Å². The first-order valence-electron chi connectivity index (χ1n) is 9.75. The molecule has 2 aromatic heterocycles. The zero-order chi connectivity index (χ0) is 17.5. The molecule has 0 amide bonds. The van der Waals surface area contributed by atoms with E-state index in [9.17, 15) is 4.79 Å². The van der Waals surface area contributed by atoms with Gasteiger partial charge in [0, 0.05) is 55.0 Å². The van der Waals surface area contributed by atoms with Gasteiger partial charge in [0.25, 0.3) is 5.56 Å². The van der Waals surface area contributed by atoms with Crippen LogP contribution in [0.2, 0.25) is 0 Å². The summed E-state index contributed by atoms with van der Waals surface area (Å²) in [4.78, 5) is 23.8. The van der Waals surface area contributed by atoms with Crippen molar-refractivity contribution in [2.45, 2.75) is 37.6 Å². The molecule has 3 aliphatic rings. The van der Waals surface area contributed by atoms with Crippen LogP contribution in [0.1, 0.15) is 42.5 Å². The Kier molecular flexibility index (Phi) is 4.00. The summed E-state index contributed by atoms with van der Waals surface area (Å²) in [6.45, 7) is 4.88. The highest BCUT2D eigenvalue weighted by molar-refractivity contribution is 5.42. The lowest BCUT2D eigenvalue weighted by molar-refractivity contribution is 0.280. The Balaban J connectivity index is 1.41. The lowest BCUT2D eigenvalue weighted by atomic mass is 9.83. The van der Waals surface area contributed by atoms with Gasteiger partial charge in [-0.05, 0) is 44.3 Å². The smallest absolute Gasteiger partial charge is 0.250 e. The molecular formula is C20H25N5O. The first-order chi connectivity index (χ1) is 12.8. The van der Waals surface area contributed by atoms with Crippen LogP contribution in [-0.4, -0.2) is 40.7 Å². The number of hydrogen-bond donors (Lipinski definition) is 1. The highest BCUT2D eigenvalue weighted by atomic mass is 16.1. The van der Waals surface area contributed by atoms with E-state index in [4.69, 9.17) is 0 Å². The number of piperidine rings is 2. The minimum atomic E-state index is 0.140. The minimum absolute atomic E-state index is 0.140. The summed E-state index contributed by atoms with van der Waals surface area (Å²) in [5.74, 6) is 2.52. The van der Waals surface area contributed by atoms with Crippen molar-refractivity contribution in [2.24, 2.45) is 5.92 Å². The summed E-state index contributed by atoms with van der Waals surface area (Å²) in [6.07, 6.45) is 5.21. The number of anilines is 1. The molecule has 0 aromatic carbocycles.